The van der Waals surface area contributed by atoms with Crippen molar-refractivity contribution in [3.05, 3.63) is 35.4 Å². The lowest BCUT2D eigenvalue weighted by Gasteiger charge is -2.08. The third-order valence-electron chi connectivity index (χ3n) is 1.84. The Labute approximate surface area is 90.0 Å². The molecule has 15 heavy (non-hydrogen) atoms. The van der Waals surface area contributed by atoms with Crippen molar-refractivity contribution in [1.29, 1.82) is 0 Å². The quantitative estimate of drug-likeness (QED) is 0.713. The maximum absolute atomic E-state index is 11.5. The molecule has 0 radical (unpaired) electrons. The van der Waals surface area contributed by atoms with Crippen molar-refractivity contribution < 1.29 is 14.3 Å². The second-order valence-corrected chi connectivity index (χ2v) is 3.58. The summed E-state index contributed by atoms with van der Waals surface area (Å²) in [6.07, 6.45) is -0.0869. The van der Waals surface area contributed by atoms with Crippen LogP contribution in [0.1, 0.15) is 29.8 Å². The minimum atomic E-state index is -0.283. The summed E-state index contributed by atoms with van der Waals surface area (Å²) in [5, 5.41) is 0. The molecule has 0 aromatic heterocycles. The number of benzene rings is 1. The van der Waals surface area contributed by atoms with Gasteiger partial charge in [0.25, 0.3) is 0 Å². The highest BCUT2D eigenvalue weighted by molar-refractivity contribution is 5.89. The van der Waals surface area contributed by atoms with Crippen LogP contribution in [0.2, 0.25) is 0 Å². The van der Waals surface area contributed by atoms with E-state index in [1.54, 1.807) is 19.2 Å². The summed E-state index contributed by atoms with van der Waals surface area (Å²) in [5.74, 6) is -0.283. The molecule has 0 saturated heterocycles. The fourth-order valence-electron chi connectivity index (χ4n) is 1.19. The van der Waals surface area contributed by atoms with Crippen molar-refractivity contribution in [3.63, 3.8) is 0 Å². The summed E-state index contributed by atoms with van der Waals surface area (Å²) in [5.41, 5.74) is 1.61. The molecule has 1 aromatic carbocycles. The maximum atomic E-state index is 11.5. The number of carbonyl (C=O) groups excluding carboxylic acids is 1. The predicted molar refractivity (Wildman–Crippen MR) is 57.7 cm³/mol. The fourth-order valence-corrected chi connectivity index (χ4v) is 1.19. The molecular formula is C12H16O3. The van der Waals surface area contributed by atoms with E-state index in [1.165, 1.54) is 0 Å². The average molecular weight is 208 g/mol. The second kappa shape index (κ2) is 5.51. The number of ether oxygens (including phenoxy) is 2. The van der Waals surface area contributed by atoms with E-state index >= 15 is 0 Å². The molecule has 3 nitrogen and oxygen atoms in total. The molecule has 0 heterocycles. The summed E-state index contributed by atoms with van der Waals surface area (Å²) in [7, 11) is 1.64. The number of rotatable bonds is 4. The molecule has 1 aromatic rings. The van der Waals surface area contributed by atoms with Crippen LogP contribution in [0.4, 0.5) is 0 Å². The summed E-state index contributed by atoms with van der Waals surface area (Å²) in [6.45, 7) is 4.22. The zero-order chi connectivity index (χ0) is 11.3. The molecule has 0 unspecified atom stereocenters. The molecule has 3 heteroatoms. The van der Waals surface area contributed by atoms with Gasteiger partial charge in [0.2, 0.25) is 0 Å². The van der Waals surface area contributed by atoms with E-state index in [-0.39, 0.29) is 12.1 Å². The van der Waals surface area contributed by atoms with Crippen molar-refractivity contribution in [2.75, 3.05) is 7.11 Å². The van der Waals surface area contributed by atoms with Crippen molar-refractivity contribution in [2.24, 2.45) is 0 Å². The number of hydrogen-bond donors (Lipinski definition) is 0. The highest BCUT2D eigenvalue weighted by Gasteiger charge is 2.08. The Morgan fingerprint density at radius 1 is 1.27 bits per heavy atom. The lowest BCUT2D eigenvalue weighted by molar-refractivity contribution is 0.0378. The van der Waals surface area contributed by atoms with Gasteiger partial charge in [0.15, 0.2) is 0 Å². The molecule has 0 aliphatic heterocycles. The monoisotopic (exact) mass is 208 g/mol. The summed E-state index contributed by atoms with van der Waals surface area (Å²) < 4.78 is 10.0. The molecule has 0 bridgehead atoms. The number of hydrogen-bond acceptors (Lipinski definition) is 3. The maximum Gasteiger partial charge on any atom is 0.338 e. The van der Waals surface area contributed by atoms with E-state index in [1.807, 2.05) is 26.0 Å². The van der Waals surface area contributed by atoms with Crippen LogP contribution in [0.3, 0.4) is 0 Å². The molecule has 0 atom stereocenters. The van der Waals surface area contributed by atoms with Gasteiger partial charge in [-0.25, -0.2) is 4.79 Å². The van der Waals surface area contributed by atoms with Gasteiger partial charge in [-0.05, 0) is 31.5 Å². The van der Waals surface area contributed by atoms with E-state index in [4.69, 9.17) is 9.47 Å². The third kappa shape index (κ3) is 3.72. The van der Waals surface area contributed by atoms with Crippen LogP contribution in [0.5, 0.6) is 0 Å². The number of carbonyl (C=O) groups is 1. The smallest absolute Gasteiger partial charge is 0.338 e. The zero-order valence-corrected chi connectivity index (χ0v) is 9.32. The summed E-state index contributed by atoms with van der Waals surface area (Å²) >= 11 is 0. The van der Waals surface area contributed by atoms with Gasteiger partial charge in [-0.2, -0.15) is 0 Å². The van der Waals surface area contributed by atoms with E-state index in [9.17, 15) is 4.79 Å². The van der Waals surface area contributed by atoms with Crippen LogP contribution in [0.25, 0.3) is 0 Å². The average Bonchev–Trinajstić information content (AvgIpc) is 2.18. The molecule has 0 aliphatic carbocycles. The first-order valence-electron chi connectivity index (χ1n) is 4.92. The van der Waals surface area contributed by atoms with Gasteiger partial charge in [-0.15, -0.1) is 0 Å². The first-order chi connectivity index (χ1) is 7.13. The minimum absolute atomic E-state index is 0.0869. The SMILES string of the molecule is COCc1ccc(C(=O)OC(C)C)cc1. The van der Waals surface area contributed by atoms with Gasteiger partial charge >= 0.3 is 5.97 Å². The molecule has 82 valence electrons. The Kier molecular flexibility index (Phi) is 4.31. The third-order valence-corrected chi connectivity index (χ3v) is 1.84. The normalized spacial score (nSPS) is 10.4. The molecular weight excluding hydrogens is 192 g/mol. The molecule has 0 saturated carbocycles. The van der Waals surface area contributed by atoms with Crippen LogP contribution in [-0.2, 0) is 16.1 Å². The Morgan fingerprint density at radius 2 is 1.87 bits per heavy atom. The van der Waals surface area contributed by atoms with Crippen molar-refractivity contribution >= 4 is 5.97 Å². The summed E-state index contributed by atoms with van der Waals surface area (Å²) in [6, 6.07) is 7.22. The van der Waals surface area contributed by atoms with E-state index in [0.29, 0.717) is 12.2 Å². The standard InChI is InChI=1S/C12H16O3/c1-9(2)15-12(13)11-6-4-10(5-7-11)8-14-3/h4-7,9H,8H2,1-3H3. The van der Waals surface area contributed by atoms with Gasteiger partial charge in [0, 0.05) is 7.11 Å². The Bertz CT molecular complexity index is 314. The fraction of sp³-hybridized carbons (Fsp3) is 0.417. The summed E-state index contributed by atoms with van der Waals surface area (Å²) in [4.78, 5) is 11.5. The van der Waals surface area contributed by atoms with Crippen LogP contribution in [0.15, 0.2) is 24.3 Å². The first-order valence-corrected chi connectivity index (χ1v) is 4.92. The second-order valence-electron chi connectivity index (χ2n) is 3.58. The van der Waals surface area contributed by atoms with Crippen LogP contribution in [0, 0.1) is 0 Å². The number of methoxy groups -OCH3 is 1. The first kappa shape index (κ1) is 11.7. The minimum Gasteiger partial charge on any atom is -0.459 e. The lowest BCUT2D eigenvalue weighted by Crippen LogP contribution is -2.11. The van der Waals surface area contributed by atoms with E-state index < -0.39 is 0 Å². The largest absolute Gasteiger partial charge is 0.459 e. The highest BCUT2D eigenvalue weighted by Crippen LogP contribution is 2.07. The van der Waals surface area contributed by atoms with Crippen molar-refractivity contribution in [3.8, 4) is 0 Å². The number of esters is 1. The Hall–Kier alpha value is -1.35. The van der Waals surface area contributed by atoms with E-state index in [0.717, 1.165) is 5.56 Å². The van der Waals surface area contributed by atoms with Gasteiger partial charge in [0.1, 0.15) is 0 Å². The topological polar surface area (TPSA) is 35.5 Å². The van der Waals surface area contributed by atoms with Crippen LogP contribution < -0.4 is 0 Å². The van der Waals surface area contributed by atoms with Gasteiger partial charge in [-0.1, -0.05) is 12.1 Å². The molecule has 0 aliphatic rings. The van der Waals surface area contributed by atoms with Crippen molar-refractivity contribution in [1.82, 2.24) is 0 Å². The Morgan fingerprint density at radius 3 is 2.33 bits per heavy atom. The molecule has 1 rings (SSSR count). The molecule has 0 amide bonds. The molecule has 0 spiro atoms. The Balaban J connectivity index is 2.67. The van der Waals surface area contributed by atoms with Crippen LogP contribution in [-0.4, -0.2) is 19.2 Å². The molecule has 0 fully saturated rings. The highest BCUT2D eigenvalue weighted by atomic mass is 16.5. The molecule has 0 N–H and O–H groups in total. The zero-order valence-electron chi connectivity index (χ0n) is 9.32. The van der Waals surface area contributed by atoms with Gasteiger partial charge in [0.05, 0.1) is 18.3 Å². The van der Waals surface area contributed by atoms with Crippen LogP contribution >= 0.6 is 0 Å². The van der Waals surface area contributed by atoms with Gasteiger partial charge < -0.3 is 9.47 Å². The van der Waals surface area contributed by atoms with E-state index in [2.05, 4.69) is 0 Å². The van der Waals surface area contributed by atoms with Crippen molar-refractivity contribution in [2.45, 2.75) is 26.6 Å². The lowest BCUT2D eigenvalue weighted by atomic mass is 10.1. The predicted octanol–water partition coefficient (Wildman–Crippen LogP) is 2.40. The van der Waals surface area contributed by atoms with Gasteiger partial charge in [-0.3, -0.25) is 0 Å².